The van der Waals surface area contributed by atoms with Crippen molar-refractivity contribution in [3.8, 4) is 22.6 Å². The Kier molecular flexibility index (Phi) is 3.87. The Balaban J connectivity index is 2.21. The molecule has 3 aromatic rings. The molecule has 0 heterocycles. The second kappa shape index (κ2) is 5.83. The molecule has 22 heavy (non-hydrogen) atoms. The predicted octanol–water partition coefficient (Wildman–Crippen LogP) is 5.74. The van der Waals surface area contributed by atoms with Gasteiger partial charge in [-0.25, -0.2) is 0 Å². The van der Waals surface area contributed by atoms with Crippen molar-refractivity contribution >= 4 is 18.8 Å². The van der Waals surface area contributed by atoms with E-state index in [9.17, 15) is 0 Å². The molecule has 0 nitrogen and oxygen atoms in total. The van der Waals surface area contributed by atoms with E-state index in [1.54, 1.807) is 0 Å². The average Bonchev–Trinajstić information content (AvgIpc) is 2.52. The van der Waals surface area contributed by atoms with Crippen molar-refractivity contribution in [3.63, 3.8) is 0 Å². The molecule has 0 spiro atoms. The Morgan fingerprint density at radius 2 is 1.32 bits per heavy atom. The summed E-state index contributed by atoms with van der Waals surface area (Å²) in [6, 6.07) is 23.5. The molecule has 3 rings (SSSR count). The molecule has 0 atom stereocenters. The number of hydrogen-bond acceptors (Lipinski definition) is 0. The lowest BCUT2D eigenvalue weighted by atomic mass is 9.95. The fourth-order valence-electron chi connectivity index (χ4n) is 2.54. The minimum absolute atomic E-state index is 1.13. The topological polar surface area (TPSA) is 0 Å². The van der Waals surface area contributed by atoms with E-state index in [1.165, 1.54) is 21.9 Å². The molecule has 0 saturated carbocycles. The van der Waals surface area contributed by atoms with Crippen molar-refractivity contribution < 1.29 is 0 Å². The van der Waals surface area contributed by atoms with Gasteiger partial charge in [0.25, 0.3) is 0 Å². The van der Waals surface area contributed by atoms with Crippen LogP contribution in [0.4, 0.5) is 0 Å². The molecule has 1 heteroatoms. The van der Waals surface area contributed by atoms with E-state index < -0.39 is 8.07 Å². The highest BCUT2D eigenvalue weighted by Crippen LogP contribution is 2.30. The van der Waals surface area contributed by atoms with Gasteiger partial charge in [0.05, 0.1) is 0 Å². The van der Waals surface area contributed by atoms with Crippen LogP contribution >= 0.6 is 0 Å². The number of rotatable bonds is 1. The van der Waals surface area contributed by atoms with Crippen LogP contribution in [0.15, 0.2) is 66.7 Å². The van der Waals surface area contributed by atoms with Gasteiger partial charge in [0.2, 0.25) is 0 Å². The van der Waals surface area contributed by atoms with Crippen LogP contribution in [0.2, 0.25) is 19.6 Å². The summed E-state index contributed by atoms with van der Waals surface area (Å²) in [6.45, 7) is 6.83. The van der Waals surface area contributed by atoms with Crippen molar-refractivity contribution in [3.05, 3.63) is 72.3 Å². The molecule has 0 aliphatic rings. The average molecular weight is 300 g/mol. The van der Waals surface area contributed by atoms with Crippen molar-refractivity contribution in [2.75, 3.05) is 0 Å². The van der Waals surface area contributed by atoms with Gasteiger partial charge in [-0.1, -0.05) is 86.2 Å². The molecule has 0 fully saturated rings. The van der Waals surface area contributed by atoms with Crippen LogP contribution in [-0.4, -0.2) is 8.07 Å². The van der Waals surface area contributed by atoms with Crippen LogP contribution < -0.4 is 0 Å². The molecule has 0 bridgehead atoms. The van der Waals surface area contributed by atoms with Crippen LogP contribution in [0.25, 0.3) is 21.9 Å². The first kappa shape index (κ1) is 14.6. The molecule has 0 saturated heterocycles. The Bertz CT molecular complexity index is 868. The minimum Gasteiger partial charge on any atom is -0.127 e. The Morgan fingerprint density at radius 3 is 2.14 bits per heavy atom. The van der Waals surface area contributed by atoms with Crippen LogP contribution in [0.3, 0.4) is 0 Å². The number of benzene rings is 3. The Morgan fingerprint density at radius 1 is 0.682 bits per heavy atom. The van der Waals surface area contributed by atoms with Gasteiger partial charge in [0, 0.05) is 5.56 Å². The fourth-order valence-corrected chi connectivity index (χ4v) is 3.05. The van der Waals surface area contributed by atoms with Crippen molar-refractivity contribution in [1.82, 2.24) is 0 Å². The first-order chi connectivity index (χ1) is 10.5. The summed E-state index contributed by atoms with van der Waals surface area (Å²) < 4.78 is 0. The zero-order valence-electron chi connectivity index (χ0n) is 13.4. The zero-order chi connectivity index (χ0) is 15.6. The molecule has 0 aliphatic heterocycles. The first-order valence-electron chi connectivity index (χ1n) is 7.65. The minimum atomic E-state index is -1.38. The van der Waals surface area contributed by atoms with Gasteiger partial charge in [-0.3, -0.25) is 0 Å². The molecule has 0 amide bonds. The van der Waals surface area contributed by atoms with E-state index in [2.05, 4.69) is 97.8 Å². The quantitative estimate of drug-likeness (QED) is 0.397. The highest BCUT2D eigenvalue weighted by Gasteiger charge is 2.10. The Labute approximate surface area is 133 Å². The second-order valence-electron chi connectivity index (χ2n) is 6.57. The summed E-state index contributed by atoms with van der Waals surface area (Å²) in [4.78, 5) is 0. The van der Waals surface area contributed by atoms with Gasteiger partial charge in [0.1, 0.15) is 8.07 Å². The maximum Gasteiger partial charge on any atom is 0.129 e. The lowest BCUT2D eigenvalue weighted by Gasteiger charge is -2.10. The third-order valence-electron chi connectivity index (χ3n) is 3.58. The molecular formula is C21H20Si. The highest BCUT2D eigenvalue weighted by atomic mass is 28.3. The maximum absolute atomic E-state index is 3.49. The van der Waals surface area contributed by atoms with Crippen molar-refractivity contribution in [2.45, 2.75) is 19.6 Å². The third-order valence-corrected chi connectivity index (χ3v) is 4.45. The summed E-state index contributed by atoms with van der Waals surface area (Å²) in [7, 11) is -1.38. The Hall–Kier alpha value is -2.30. The molecule has 108 valence electrons. The zero-order valence-corrected chi connectivity index (χ0v) is 14.4. The molecule has 0 N–H and O–H groups in total. The lowest BCUT2D eigenvalue weighted by Crippen LogP contribution is -2.16. The summed E-state index contributed by atoms with van der Waals surface area (Å²) >= 11 is 0. The normalized spacial score (nSPS) is 11.0. The monoisotopic (exact) mass is 300 g/mol. The van der Waals surface area contributed by atoms with Gasteiger partial charge < -0.3 is 0 Å². The standard InChI is InChI=1S/C21H20Si/c1-22(2,3)16-15-18-10-5-7-13-20(18)21-14-8-11-17-9-4-6-12-19(17)21/h4-14H,1-3H3. The van der Waals surface area contributed by atoms with Crippen molar-refractivity contribution in [1.29, 1.82) is 0 Å². The van der Waals surface area contributed by atoms with Gasteiger partial charge in [0.15, 0.2) is 0 Å². The van der Waals surface area contributed by atoms with Gasteiger partial charge >= 0.3 is 0 Å². The first-order valence-corrected chi connectivity index (χ1v) is 11.1. The summed E-state index contributed by atoms with van der Waals surface area (Å²) in [6.07, 6.45) is 0. The number of fused-ring (bicyclic) bond motifs is 1. The summed E-state index contributed by atoms with van der Waals surface area (Å²) in [5.41, 5.74) is 7.10. The smallest absolute Gasteiger partial charge is 0.127 e. The van der Waals surface area contributed by atoms with Crippen LogP contribution in [0, 0.1) is 11.5 Å². The third kappa shape index (κ3) is 3.13. The predicted molar refractivity (Wildman–Crippen MR) is 99.6 cm³/mol. The van der Waals surface area contributed by atoms with E-state index >= 15 is 0 Å². The van der Waals surface area contributed by atoms with E-state index in [0.717, 1.165) is 5.56 Å². The molecule has 0 radical (unpaired) electrons. The lowest BCUT2D eigenvalue weighted by molar-refractivity contribution is 1.61. The molecular weight excluding hydrogens is 280 g/mol. The maximum atomic E-state index is 3.49. The van der Waals surface area contributed by atoms with E-state index in [0.29, 0.717) is 0 Å². The highest BCUT2D eigenvalue weighted by molar-refractivity contribution is 6.83. The van der Waals surface area contributed by atoms with E-state index in [-0.39, 0.29) is 0 Å². The van der Waals surface area contributed by atoms with Crippen LogP contribution in [0.1, 0.15) is 5.56 Å². The fraction of sp³-hybridized carbons (Fsp3) is 0.143. The molecule has 0 unspecified atom stereocenters. The largest absolute Gasteiger partial charge is 0.129 e. The van der Waals surface area contributed by atoms with Gasteiger partial charge in [-0.2, -0.15) is 0 Å². The van der Waals surface area contributed by atoms with E-state index in [1.807, 2.05) is 0 Å². The SMILES string of the molecule is C[Si](C)(C)C#Cc1ccccc1-c1cccc2ccccc12. The summed E-state index contributed by atoms with van der Waals surface area (Å²) in [5.74, 6) is 3.43. The van der Waals surface area contributed by atoms with E-state index in [4.69, 9.17) is 0 Å². The van der Waals surface area contributed by atoms with Crippen molar-refractivity contribution in [2.24, 2.45) is 0 Å². The summed E-state index contributed by atoms with van der Waals surface area (Å²) in [5, 5.41) is 2.56. The van der Waals surface area contributed by atoms with Crippen LogP contribution in [-0.2, 0) is 0 Å². The van der Waals surface area contributed by atoms with Gasteiger partial charge in [-0.05, 0) is 28.0 Å². The van der Waals surface area contributed by atoms with Gasteiger partial charge in [-0.15, -0.1) is 5.54 Å². The molecule has 0 aromatic heterocycles. The second-order valence-corrected chi connectivity index (χ2v) is 11.3. The molecule has 3 aromatic carbocycles. The van der Waals surface area contributed by atoms with Crippen LogP contribution in [0.5, 0.6) is 0 Å². The molecule has 0 aliphatic carbocycles. The number of hydrogen-bond donors (Lipinski definition) is 0.